The normalized spacial score (nSPS) is 11.0. The molecular weight excluding hydrogens is 242 g/mol. The van der Waals surface area contributed by atoms with Gasteiger partial charge in [-0.2, -0.15) is 9.90 Å². The van der Waals surface area contributed by atoms with Crippen molar-refractivity contribution in [2.45, 2.75) is 26.7 Å². The smallest absolute Gasteiger partial charge is 0.358 e. The average molecular weight is 259 g/mol. The zero-order chi connectivity index (χ0) is 14.2. The molecule has 0 fully saturated rings. The molecule has 2 rings (SSSR count). The van der Waals surface area contributed by atoms with E-state index >= 15 is 0 Å². The first-order valence-corrected chi connectivity index (χ1v) is 6.15. The molecule has 0 aliphatic rings. The van der Waals surface area contributed by atoms with Crippen LogP contribution in [0.15, 0.2) is 18.2 Å². The lowest BCUT2D eigenvalue weighted by molar-refractivity contribution is 0.0690. The van der Waals surface area contributed by atoms with Crippen LogP contribution < -0.4 is 0 Å². The van der Waals surface area contributed by atoms with E-state index in [1.54, 1.807) is 7.05 Å². The van der Waals surface area contributed by atoms with Gasteiger partial charge in [0.25, 0.3) is 0 Å². The van der Waals surface area contributed by atoms with Gasteiger partial charge in [0.15, 0.2) is 5.69 Å². The summed E-state index contributed by atoms with van der Waals surface area (Å²) in [5, 5.41) is 17.3. The number of aromatic carboxylic acids is 1. The van der Waals surface area contributed by atoms with Crippen LogP contribution in [-0.4, -0.2) is 26.1 Å². The van der Waals surface area contributed by atoms with Crippen LogP contribution in [-0.2, 0) is 7.05 Å². The molecule has 100 valence electrons. The molecule has 5 nitrogen and oxygen atoms in total. The first-order chi connectivity index (χ1) is 8.90. The van der Waals surface area contributed by atoms with Gasteiger partial charge < -0.3 is 5.11 Å². The maximum absolute atomic E-state index is 11.2. The van der Waals surface area contributed by atoms with E-state index in [1.807, 2.05) is 19.1 Å². The van der Waals surface area contributed by atoms with Gasteiger partial charge in [0.1, 0.15) is 5.69 Å². The third kappa shape index (κ3) is 2.50. The van der Waals surface area contributed by atoms with Crippen molar-refractivity contribution in [3.05, 3.63) is 35.0 Å². The number of aromatic nitrogens is 3. The fraction of sp³-hybridized carbons (Fsp3) is 0.357. The molecule has 2 aromatic rings. The second-order valence-corrected chi connectivity index (χ2v) is 4.92. The van der Waals surface area contributed by atoms with Gasteiger partial charge in [0, 0.05) is 12.6 Å². The number of aryl methyl sites for hydroxylation is 2. The maximum atomic E-state index is 11.2. The lowest BCUT2D eigenvalue weighted by Gasteiger charge is -2.09. The fourth-order valence-corrected chi connectivity index (χ4v) is 1.99. The first kappa shape index (κ1) is 13.3. The number of benzene rings is 1. The van der Waals surface area contributed by atoms with E-state index in [4.69, 9.17) is 0 Å². The molecule has 1 aromatic carbocycles. The predicted octanol–water partition coefficient (Wildman–Crippen LogP) is 2.61. The van der Waals surface area contributed by atoms with E-state index in [0.717, 1.165) is 16.7 Å². The van der Waals surface area contributed by atoms with Gasteiger partial charge in [0.05, 0.1) is 0 Å². The van der Waals surface area contributed by atoms with Crippen molar-refractivity contribution < 1.29 is 9.90 Å². The summed E-state index contributed by atoms with van der Waals surface area (Å²) in [6.45, 7) is 6.15. The van der Waals surface area contributed by atoms with Crippen molar-refractivity contribution in [3.63, 3.8) is 0 Å². The molecule has 0 bridgehead atoms. The molecule has 0 atom stereocenters. The van der Waals surface area contributed by atoms with Crippen LogP contribution in [0.5, 0.6) is 0 Å². The summed E-state index contributed by atoms with van der Waals surface area (Å²) in [7, 11) is 1.62. The molecule has 0 radical (unpaired) electrons. The van der Waals surface area contributed by atoms with Crippen molar-refractivity contribution in [1.82, 2.24) is 15.0 Å². The molecule has 0 amide bonds. The van der Waals surface area contributed by atoms with E-state index in [9.17, 15) is 9.90 Å². The number of hydrogen-bond acceptors (Lipinski definition) is 3. The highest BCUT2D eigenvalue weighted by molar-refractivity contribution is 5.93. The summed E-state index contributed by atoms with van der Waals surface area (Å²) in [4.78, 5) is 12.5. The molecule has 0 aliphatic carbocycles. The zero-order valence-corrected chi connectivity index (χ0v) is 11.5. The number of carboxylic acid groups (broad SMARTS) is 1. The summed E-state index contributed by atoms with van der Waals surface area (Å²) in [6.07, 6.45) is 0. The molecule has 19 heavy (non-hydrogen) atoms. The van der Waals surface area contributed by atoms with Gasteiger partial charge in [-0.1, -0.05) is 26.0 Å². The highest BCUT2D eigenvalue weighted by Crippen LogP contribution is 2.27. The van der Waals surface area contributed by atoms with Crippen LogP contribution in [0, 0.1) is 6.92 Å². The number of carboxylic acids is 1. The minimum atomic E-state index is -1.06. The topological polar surface area (TPSA) is 68.0 Å². The standard InChI is InChI=1S/C14H17N3O2/c1-8(2)10-6-5-9(3)11(7-10)12-13(14(18)19)16-17(4)15-12/h5-8H,1-4H3,(H,18,19). The number of nitrogens with zero attached hydrogens (tertiary/aromatic N) is 3. The highest BCUT2D eigenvalue weighted by atomic mass is 16.4. The Bertz CT molecular complexity index is 630. The average Bonchev–Trinajstić information content (AvgIpc) is 2.71. The number of rotatable bonds is 3. The second kappa shape index (κ2) is 4.84. The lowest BCUT2D eigenvalue weighted by Crippen LogP contribution is -2.01. The van der Waals surface area contributed by atoms with Crippen LogP contribution in [0.1, 0.15) is 41.4 Å². The molecule has 5 heteroatoms. The van der Waals surface area contributed by atoms with Gasteiger partial charge in [-0.05, 0) is 30.0 Å². The highest BCUT2D eigenvalue weighted by Gasteiger charge is 2.20. The van der Waals surface area contributed by atoms with E-state index in [0.29, 0.717) is 11.6 Å². The molecule has 1 aromatic heterocycles. The molecule has 1 heterocycles. The number of hydrogen-bond donors (Lipinski definition) is 1. The van der Waals surface area contributed by atoms with Crippen molar-refractivity contribution in [2.75, 3.05) is 0 Å². The SMILES string of the molecule is Cc1ccc(C(C)C)cc1-c1nn(C)nc1C(=O)O. The Labute approximate surface area is 111 Å². The third-order valence-electron chi connectivity index (χ3n) is 3.10. The summed E-state index contributed by atoms with van der Waals surface area (Å²) < 4.78 is 0. The minimum absolute atomic E-state index is 0.00786. The third-order valence-corrected chi connectivity index (χ3v) is 3.10. The Kier molecular flexibility index (Phi) is 3.38. The molecular formula is C14H17N3O2. The van der Waals surface area contributed by atoms with Crippen LogP contribution in [0.2, 0.25) is 0 Å². The quantitative estimate of drug-likeness (QED) is 0.920. The summed E-state index contributed by atoms with van der Waals surface area (Å²) in [6, 6.07) is 6.04. The van der Waals surface area contributed by atoms with Gasteiger partial charge in [-0.3, -0.25) is 0 Å². The minimum Gasteiger partial charge on any atom is -0.476 e. The molecule has 1 N–H and O–H groups in total. The van der Waals surface area contributed by atoms with Crippen molar-refractivity contribution in [3.8, 4) is 11.3 Å². The predicted molar refractivity (Wildman–Crippen MR) is 72.2 cm³/mol. The van der Waals surface area contributed by atoms with Crippen molar-refractivity contribution in [2.24, 2.45) is 7.05 Å². The lowest BCUT2D eigenvalue weighted by atomic mass is 9.96. The van der Waals surface area contributed by atoms with E-state index in [-0.39, 0.29) is 5.69 Å². The Hall–Kier alpha value is -2.17. The largest absolute Gasteiger partial charge is 0.476 e. The molecule has 0 aliphatic heterocycles. The Balaban J connectivity index is 2.64. The van der Waals surface area contributed by atoms with Crippen molar-refractivity contribution in [1.29, 1.82) is 0 Å². The summed E-state index contributed by atoms with van der Waals surface area (Å²) in [5.74, 6) is -0.679. The Morgan fingerprint density at radius 2 is 2.00 bits per heavy atom. The molecule has 0 unspecified atom stereocenters. The van der Waals surface area contributed by atoms with Gasteiger partial charge in [-0.25, -0.2) is 4.79 Å². The molecule has 0 saturated heterocycles. The Morgan fingerprint density at radius 1 is 1.32 bits per heavy atom. The monoisotopic (exact) mass is 259 g/mol. The van der Waals surface area contributed by atoms with E-state index in [1.165, 1.54) is 4.80 Å². The Morgan fingerprint density at radius 3 is 2.58 bits per heavy atom. The zero-order valence-electron chi connectivity index (χ0n) is 11.5. The summed E-state index contributed by atoms with van der Waals surface area (Å²) in [5.41, 5.74) is 3.40. The van der Waals surface area contributed by atoms with Crippen molar-refractivity contribution >= 4 is 5.97 Å². The van der Waals surface area contributed by atoms with Crippen LogP contribution >= 0.6 is 0 Å². The van der Waals surface area contributed by atoms with Gasteiger partial charge >= 0.3 is 5.97 Å². The summed E-state index contributed by atoms with van der Waals surface area (Å²) >= 11 is 0. The van der Waals surface area contributed by atoms with E-state index < -0.39 is 5.97 Å². The van der Waals surface area contributed by atoms with Crippen LogP contribution in [0.4, 0.5) is 0 Å². The van der Waals surface area contributed by atoms with Gasteiger partial charge in [0.2, 0.25) is 0 Å². The number of carbonyl (C=O) groups is 1. The van der Waals surface area contributed by atoms with Gasteiger partial charge in [-0.15, -0.1) is 5.10 Å². The molecule has 0 saturated carbocycles. The molecule has 0 spiro atoms. The fourth-order valence-electron chi connectivity index (χ4n) is 1.99. The first-order valence-electron chi connectivity index (χ1n) is 6.15. The van der Waals surface area contributed by atoms with E-state index in [2.05, 4.69) is 30.1 Å². The van der Waals surface area contributed by atoms with Crippen LogP contribution in [0.3, 0.4) is 0 Å². The maximum Gasteiger partial charge on any atom is 0.358 e. The van der Waals surface area contributed by atoms with Crippen LogP contribution in [0.25, 0.3) is 11.3 Å². The second-order valence-electron chi connectivity index (χ2n) is 4.92.